The van der Waals surface area contributed by atoms with Crippen LogP contribution >= 0.6 is 0 Å². The topological polar surface area (TPSA) is 29.9 Å². The van der Waals surface area contributed by atoms with Crippen LogP contribution in [0.4, 0.5) is 0 Å². The van der Waals surface area contributed by atoms with Crippen LogP contribution in [0.5, 0.6) is 0 Å². The van der Waals surface area contributed by atoms with Crippen LogP contribution in [0.2, 0.25) is 0 Å². The Morgan fingerprint density at radius 1 is 1.10 bits per heavy atom. The predicted molar refractivity (Wildman–Crippen MR) is 83.8 cm³/mol. The maximum Gasteiger partial charge on any atom is 0.0486 e. The smallest absolute Gasteiger partial charge is 0.0486 e. The summed E-state index contributed by atoms with van der Waals surface area (Å²) >= 11 is 0. The van der Waals surface area contributed by atoms with Gasteiger partial charge in [-0.15, -0.1) is 0 Å². The lowest BCUT2D eigenvalue weighted by Gasteiger charge is -2.03. The minimum atomic E-state index is 1.01. The summed E-state index contributed by atoms with van der Waals surface area (Å²) in [6.45, 7) is 1.01. The Hall–Kier alpha value is -2.13. The molecule has 0 bridgehead atoms. The Morgan fingerprint density at radius 3 is 2.65 bits per heavy atom. The molecule has 1 aromatic carbocycles. The van der Waals surface area contributed by atoms with Crippen LogP contribution in [-0.4, -0.2) is 23.1 Å². The van der Waals surface area contributed by atoms with Crippen LogP contribution in [0.1, 0.15) is 5.56 Å². The zero-order valence-corrected chi connectivity index (χ0v) is 11.9. The first-order chi connectivity index (χ1) is 9.79. The maximum atomic E-state index is 4.08. The van der Waals surface area contributed by atoms with Gasteiger partial charge in [0.15, 0.2) is 0 Å². The van der Waals surface area contributed by atoms with E-state index in [0.717, 1.165) is 13.0 Å². The number of hydrogen-bond acceptors (Lipinski definition) is 2. The molecule has 0 spiro atoms. The van der Waals surface area contributed by atoms with Crippen LogP contribution < -0.4 is 5.32 Å². The molecule has 0 fully saturated rings. The van der Waals surface area contributed by atoms with Crippen LogP contribution in [0.15, 0.2) is 48.9 Å². The van der Waals surface area contributed by atoms with Gasteiger partial charge in [-0.05, 0) is 54.9 Å². The lowest BCUT2D eigenvalue weighted by Crippen LogP contribution is -2.09. The first-order valence-corrected chi connectivity index (χ1v) is 6.92. The number of fused-ring (bicyclic) bond motifs is 1. The molecular weight excluding hydrogens is 246 g/mol. The van der Waals surface area contributed by atoms with Crippen LogP contribution in [-0.2, 0) is 13.5 Å². The molecule has 0 saturated carbocycles. The van der Waals surface area contributed by atoms with Crippen molar-refractivity contribution >= 4 is 10.9 Å². The Balaban J connectivity index is 2.06. The van der Waals surface area contributed by atoms with Crippen molar-refractivity contribution in [2.75, 3.05) is 13.6 Å². The molecule has 3 rings (SSSR count). The van der Waals surface area contributed by atoms with Gasteiger partial charge >= 0.3 is 0 Å². The fourth-order valence-electron chi connectivity index (χ4n) is 2.65. The van der Waals surface area contributed by atoms with E-state index in [-0.39, 0.29) is 0 Å². The summed E-state index contributed by atoms with van der Waals surface area (Å²) in [6.07, 6.45) is 6.96. The van der Waals surface area contributed by atoms with Gasteiger partial charge in [0.1, 0.15) is 0 Å². The van der Waals surface area contributed by atoms with Crippen molar-refractivity contribution in [1.29, 1.82) is 0 Å². The van der Waals surface area contributed by atoms with Gasteiger partial charge in [-0.2, -0.15) is 0 Å². The third kappa shape index (κ3) is 2.32. The van der Waals surface area contributed by atoms with Crippen molar-refractivity contribution in [3.8, 4) is 11.1 Å². The summed E-state index contributed by atoms with van der Waals surface area (Å²) in [7, 11) is 4.11. The highest BCUT2D eigenvalue weighted by Gasteiger charge is 2.07. The largest absolute Gasteiger partial charge is 0.350 e. The van der Waals surface area contributed by atoms with Crippen molar-refractivity contribution in [3.63, 3.8) is 0 Å². The van der Waals surface area contributed by atoms with Crippen molar-refractivity contribution in [3.05, 3.63) is 54.5 Å². The van der Waals surface area contributed by atoms with Gasteiger partial charge in [-0.3, -0.25) is 4.98 Å². The third-order valence-corrected chi connectivity index (χ3v) is 3.73. The Kier molecular flexibility index (Phi) is 3.52. The van der Waals surface area contributed by atoms with Crippen LogP contribution in [0, 0.1) is 0 Å². The number of aromatic nitrogens is 2. The number of aryl methyl sites for hydroxylation is 1. The van der Waals surface area contributed by atoms with E-state index in [1.54, 1.807) is 0 Å². The Morgan fingerprint density at radius 2 is 1.90 bits per heavy atom. The fourth-order valence-corrected chi connectivity index (χ4v) is 2.65. The van der Waals surface area contributed by atoms with Gasteiger partial charge in [-0.25, -0.2) is 0 Å². The Bertz CT molecular complexity index is 714. The molecule has 2 aromatic heterocycles. The second-order valence-corrected chi connectivity index (χ2v) is 5.09. The number of likely N-dealkylation sites (N-methyl/N-ethyl adjacent to an activating group) is 1. The molecule has 0 radical (unpaired) electrons. The number of hydrogen-bond donors (Lipinski definition) is 1. The maximum absolute atomic E-state index is 4.08. The number of nitrogens with one attached hydrogen (secondary N) is 1. The molecule has 2 heterocycles. The van der Waals surface area contributed by atoms with E-state index in [9.17, 15) is 0 Å². The average Bonchev–Trinajstić information content (AvgIpc) is 2.82. The van der Waals surface area contributed by atoms with Gasteiger partial charge in [0.05, 0.1) is 0 Å². The molecule has 0 atom stereocenters. The third-order valence-electron chi connectivity index (χ3n) is 3.73. The highest BCUT2D eigenvalue weighted by Crippen LogP contribution is 2.27. The van der Waals surface area contributed by atoms with Gasteiger partial charge in [-0.1, -0.05) is 12.1 Å². The van der Waals surface area contributed by atoms with Crippen molar-refractivity contribution in [2.24, 2.45) is 7.05 Å². The number of rotatable bonds is 4. The number of benzene rings is 1. The molecule has 0 unspecified atom stereocenters. The van der Waals surface area contributed by atoms with Gasteiger partial charge < -0.3 is 9.88 Å². The molecule has 0 aliphatic rings. The minimum Gasteiger partial charge on any atom is -0.350 e. The van der Waals surface area contributed by atoms with Crippen LogP contribution in [0.3, 0.4) is 0 Å². The van der Waals surface area contributed by atoms with E-state index in [4.69, 9.17) is 0 Å². The minimum absolute atomic E-state index is 1.01. The lowest BCUT2D eigenvalue weighted by molar-refractivity contribution is 0.791. The highest BCUT2D eigenvalue weighted by atomic mass is 14.9. The molecule has 3 aromatic rings. The standard InChI is InChI=1S/C17H19N3/c1-18-8-5-15-12-20(2)17-11-14(3-4-16(15)17)13-6-9-19-10-7-13/h3-4,6-7,9-12,18H,5,8H2,1-2H3. The second kappa shape index (κ2) is 5.47. The lowest BCUT2D eigenvalue weighted by atomic mass is 10.0. The molecular formula is C17H19N3. The number of nitrogens with zero attached hydrogens (tertiary/aromatic N) is 2. The zero-order chi connectivity index (χ0) is 13.9. The normalized spacial score (nSPS) is 11.1. The monoisotopic (exact) mass is 265 g/mol. The van der Waals surface area contributed by atoms with Crippen LogP contribution in [0.25, 0.3) is 22.0 Å². The van der Waals surface area contributed by atoms with Gasteiger partial charge in [0.2, 0.25) is 0 Å². The average molecular weight is 265 g/mol. The first kappa shape index (κ1) is 12.9. The van der Waals surface area contributed by atoms with E-state index in [0.29, 0.717) is 0 Å². The molecule has 0 saturated heterocycles. The summed E-state index contributed by atoms with van der Waals surface area (Å²) in [5.74, 6) is 0. The summed E-state index contributed by atoms with van der Waals surface area (Å²) in [4.78, 5) is 4.08. The second-order valence-electron chi connectivity index (χ2n) is 5.09. The zero-order valence-electron chi connectivity index (χ0n) is 11.9. The Labute approximate surface area is 119 Å². The molecule has 102 valence electrons. The quantitative estimate of drug-likeness (QED) is 0.786. The highest BCUT2D eigenvalue weighted by molar-refractivity contribution is 5.88. The van der Waals surface area contributed by atoms with Gasteiger partial charge in [0.25, 0.3) is 0 Å². The summed E-state index contributed by atoms with van der Waals surface area (Å²) in [5.41, 5.74) is 5.13. The summed E-state index contributed by atoms with van der Waals surface area (Å²) < 4.78 is 2.21. The molecule has 0 aliphatic carbocycles. The molecule has 1 N–H and O–H groups in total. The first-order valence-electron chi connectivity index (χ1n) is 6.92. The van der Waals surface area contributed by atoms with E-state index in [1.807, 2.05) is 31.6 Å². The fraction of sp³-hybridized carbons (Fsp3) is 0.235. The summed E-state index contributed by atoms with van der Waals surface area (Å²) in [5, 5.41) is 4.56. The van der Waals surface area contributed by atoms with Crippen molar-refractivity contribution in [2.45, 2.75) is 6.42 Å². The van der Waals surface area contributed by atoms with E-state index >= 15 is 0 Å². The van der Waals surface area contributed by atoms with E-state index < -0.39 is 0 Å². The molecule has 3 heteroatoms. The van der Waals surface area contributed by atoms with Crippen molar-refractivity contribution < 1.29 is 0 Å². The van der Waals surface area contributed by atoms with Crippen molar-refractivity contribution in [1.82, 2.24) is 14.9 Å². The SMILES string of the molecule is CNCCc1cn(C)c2cc(-c3ccncc3)ccc12. The molecule has 20 heavy (non-hydrogen) atoms. The number of pyridine rings is 1. The van der Waals surface area contributed by atoms with Gasteiger partial charge in [0, 0.05) is 36.5 Å². The predicted octanol–water partition coefficient (Wildman–Crippen LogP) is 3.00. The molecule has 3 nitrogen and oxygen atoms in total. The summed E-state index contributed by atoms with van der Waals surface area (Å²) in [6, 6.07) is 10.8. The molecule has 0 amide bonds. The van der Waals surface area contributed by atoms with E-state index in [1.165, 1.54) is 27.6 Å². The van der Waals surface area contributed by atoms with E-state index in [2.05, 4.69) is 46.3 Å². The molecule has 0 aliphatic heterocycles.